The van der Waals surface area contributed by atoms with Gasteiger partial charge in [0.2, 0.25) is 0 Å². The molecule has 0 fully saturated rings. The van der Waals surface area contributed by atoms with Crippen LogP contribution in [-0.4, -0.2) is 11.7 Å². The number of fused-ring (bicyclic) bond motifs is 1. The monoisotopic (exact) mass is 191 g/mol. The Bertz CT molecular complexity index is 352. The second-order valence-corrected chi connectivity index (χ2v) is 4.49. The van der Waals surface area contributed by atoms with Crippen molar-refractivity contribution in [3.8, 4) is 0 Å². The van der Waals surface area contributed by atoms with Crippen LogP contribution in [0, 0.1) is 7.05 Å². The van der Waals surface area contributed by atoms with Gasteiger partial charge in [0.1, 0.15) is 5.69 Å². The van der Waals surface area contributed by atoms with Crippen molar-refractivity contribution < 1.29 is 10.0 Å². The van der Waals surface area contributed by atoms with Gasteiger partial charge >= 0.3 is 0 Å². The number of hydrogen-bond acceptors (Lipinski definition) is 1. The summed E-state index contributed by atoms with van der Waals surface area (Å²) in [6.45, 7) is 4.70. The third-order valence-corrected chi connectivity index (χ3v) is 2.89. The van der Waals surface area contributed by atoms with Crippen LogP contribution < -0.4 is 4.90 Å². The molecule has 2 nitrogen and oxygen atoms in total. The molecular weight excluding hydrogens is 174 g/mol. The van der Waals surface area contributed by atoms with Crippen LogP contribution in [0.25, 0.3) is 0 Å². The fourth-order valence-corrected chi connectivity index (χ4v) is 2.17. The Hall–Kier alpha value is -0.860. The van der Waals surface area contributed by atoms with Gasteiger partial charge in [-0.05, 0) is 25.5 Å². The van der Waals surface area contributed by atoms with Gasteiger partial charge in [-0.2, -0.15) is 0 Å². The average molecular weight is 191 g/mol. The highest BCUT2D eigenvalue weighted by atomic mass is 16.3. The third kappa shape index (κ3) is 1.45. The molecule has 2 heteroatoms. The van der Waals surface area contributed by atoms with Gasteiger partial charge in [-0.15, -0.1) is 7.05 Å². The van der Waals surface area contributed by atoms with Crippen molar-refractivity contribution in [2.75, 3.05) is 6.54 Å². The molecule has 0 aliphatic carbocycles. The van der Waals surface area contributed by atoms with E-state index in [0.717, 1.165) is 18.5 Å². The molecule has 0 amide bonds. The predicted molar refractivity (Wildman–Crippen MR) is 56.2 cm³/mol. The summed E-state index contributed by atoms with van der Waals surface area (Å²) in [4.78, 5) is 1.20. The summed E-state index contributed by atoms with van der Waals surface area (Å²) < 4.78 is 0. The number of aliphatic hydroxyl groups is 1. The largest absolute Gasteiger partial charge is 0.434 e. The molecule has 1 aromatic rings. The van der Waals surface area contributed by atoms with Crippen LogP contribution in [-0.2, 0) is 12.0 Å². The fourth-order valence-electron chi connectivity index (χ4n) is 2.17. The zero-order valence-corrected chi connectivity index (χ0v) is 8.80. The molecule has 2 rings (SSSR count). The number of benzene rings is 1. The van der Waals surface area contributed by atoms with Crippen LogP contribution in [0.3, 0.4) is 0 Å². The van der Waals surface area contributed by atoms with Crippen LogP contribution >= 0.6 is 0 Å². The Kier molecular flexibility index (Phi) is 2.13. The molecule has 1 unspecified atom stereocenters. The second kappa shape index (κ2) is 3.07. The van der Waals surface area contributed by atoms with Crippen molar-refractivity contribution >= 4 is 5.69 Å². The lowest BCUT2D eigenvalue weighted by atomic mass is 9.92. The minimum absolute atomic E-state index is 0.740. The summed E-state index contributed by atoms with van der Waals surface area (Å²) in [5.74, 6) is 0. The summed E-state index contributed by atoms with van der Waals surface area (Å²) in [5.41, 5.74) is 2.83. The van der Waals surface area contributed by atoms with E-state index < -0.39 is 5.60 Å². The first kappa shape index (κ1) is 9.69. The molecule has 1 atom stereocenters. The molecule has 76 valence electrons. The van der Waals surface area contributed by atoms with Crippen molar-refractivity contribution in [2.24, 2.45) is 0 Å². The molecule has 1 heterocycles. The van der Waals surface area contributed by atoms with E-state index in [1.54, 1.807) is 0 Å². The molecule has 1 aliphatic rings. The molecule has 0 saturated carbocycles. The van der Waals surface area contributed by atoms with Gasteiger partial charge in [0.25, 0.3) is 0 Å². The lowest BCUT2D eigenvalue weighted by Crippen LogP contribution is -3.00. The van der Waals surface area contributed by atoms with Gasteiger partial charge in [0, 0.05) is 12.0 Å². The molecule has 14 heavy (non-hydrogen) atoms. The van der Waals surface area contributed by atoms with Crippen molar-refractivity contribution in [3.05, 3.63) is 36.4 Å². The Morgan fingerprint density at radius 3 is 2.79 bits per heavy atom. The van der Waals surface area contributed by atoms with Crippen molar-refractivity contribution in [1.82, 2.24) is 0 Å². The average Bonchev–Trinajstić information content (AvgIpc) is 2.46. The molecule has 0 spiro atoms. The molecular formula is C12H17NO. The summed E-state index contributed by atoms with van der Waals surface area (Å²) in [5, 5.41) is 10.0. The maximum atomic E-state index is 10.0. The van der Waals surface area contributed by atoms with Crippen molar-refractivity contribution in [2.45, 2.75) is 25.9 Å². The van der Waals surface area contributed by atoms with E-state index in [0.29, 0.717) is 0 Å². The van der Waals surface area contributed by atoms with E-state index in [-0.39, 0.29) is 0 Å². The minimum Gasteiger partial charge on any atom is -0.434 e. The molecule has 1 aromatic carbocycles. The Balaban J connectivity index is 2.55. The highest BCUT2D eigenvalue weighted by molar-refractivity contribution is 5.49. The van der Waals surface area contributed by atoms with Gasteiger partial charge in [-0.1, -0.05) is 12.1 Å². The molecule has 0 aromatic heterocycles. The first-order valence-electron chi connectivity index (χ1n) is 5.03. The second-order valence-electron chi connectivity index (χ2n) is 4.49. The lowest BCUT2D eigenvalue weighted by molar-refractivity contribution is -0.775. The topological polar surface area (TPSA) is 24.7 Å². The maximum absolute atomic E-state index is 10.0. The van der Waals surface area contributed by atoms with E-state index in [4.69, 9.17) is 0 Å². The first-order chi connectivity index (χ1) is 6.50. The molecule has 0 saturated heterocycles. The zero-order chi connectivity index (χ0) is 10.3. The fraction of sp³-hybridized carbons (Fsp3) is 0.417. The van der Waals surface area contributed by atoms with Crippen LogP contribution in [0.2, 0.25) is 0 Å². The quantitative estimate of drug-likeness (QED) is 0.630. The van der Waals surface area contributed by atoms with E-state index in [1.165, 1.54) is 16.2 Å². The smallest absolute Gasteiger partial charge is 0.108 e. The molecule has 2 N–H and O–H groups in total. The highest BCUT2D eigenvalue weighted by Gasteiger charge is 2.27. The summed E-state index contributed by atoms with van der Waals surface area (Å²) in [7, 11) is 4.04. The van der Waals surface area contributed by atoms with E-state index in [9.17, 15) is 5.11 Å². The van der Waals surface area contributed by atoms with Crippen molar-refractivity contribution in [3.63, 3.8) is 0 Å². The SMILES string of the molecule is [CH2-][NH+]1CCc2c1cccc2C(C)(C)O. The third-order valence-electron chi connectivity index (χ3n) is 2.89. The number of hydrogen-bond donors (Lipinski definition) is 2. The number of rotatable bonds is 1. The molecule has 1 aliphatic heterocycles. The maximum Gasteiger partial charge on any atom is 0.108 e. The lowest BCUT2D eigenvalue weighted by Gasteiger charge is -2.21. The van der Waals surface area contributed by atoms with Crippen molar-refractivity contribution in [1.29, 1.82) is 0 Å². The van der Waals surface area contributed by atoms with Crippen LogP contribution in [0.4, 0.5) is 5.69 Å². The van der Waals surface area contributed by atoms with Gasteiger partial charge < -0.3 is 10.0 Å². The van der Waals surface area contributed by atoms with E-state index in [2.05, 4.69) is 13.1 Å². The summed E-state index contributed by atoms with van der Waals surface area (Å²) in [6, 6.07) is 6.11. The van der Waals surface area contributed by atoms with Gasteiger partial charge in [-0.25, -0.2) is 0 Å². The van der Waals surface area contributed by atoms with Crippen LogP contribution in [0.5, 0.6) is 0 Å². The van der Waals surface area contributed by atoms with E-state index in [1.807, 2.05) is 26.0 Å². The molecule has 0 bridgehead atoms. The Morgan fingerprint density at radius 1 is 1.43 bits per heavy atom. The minimum atomic E-state index is -0.740. The summed E-state index contributed by atoms with van der Waals surface area (Å²) >= 11 is 0. The Morgan fingerprint density at radius 2 is 2.14 bits per heavy atom. The predicted octanol–water partition coefficient (Wildman–Crippen LogP) is 0.778. The van der Waals surface area contributed by atoms with Gasteiger partial charge in [0.15, 0.2) is 0 Å². The first-order valence-corrected chi connectivity index (χ1v) is 5.03. The van der Waals surface area contributed by atoms with Crippen LogP contribution in [0.15, 0.2) is 18.2 Å². The van der Waals surface area contributed by atoms with Gasteiger partial charge in [0.05, 0.1) is 12.1 Å². The van der Waals surface area contributed by atoms with Crippen LogP contribution in [0.1, 0.15) is 25.0 Å². The Labute approximate surface area is 85.2 Å². The van der Waals surface area contributed by atoms with E-state index >= 15 is 0 Å². The number of nitrogens with one attached hydrogen (secondary N) is 1. The highest BCUT2D eigenvalue weighted by Crippen LogP contribution is 2.29. The zero-order valence-electron chi connectivity index (χ0n) is 8.80. The normalized spacial score (nSPS) is 21.0. The summed E-state index contributed by atoms with van der Waals surface area (Å²) in [6.07, 6.45) is 1.02. The molecule has 0 radical (unpaired) electrons. The van der Waals surface area contributed by atoms with Gasteiger partial charge in [-0.3, -0.25) is 0 Å². The number of quaternary nitrogens is 1. The standard InChI is InChI=1S/C12H17NO/c1-12(2,14)10-5-4-6-11-9(10)7-8-13(11)3/h4-6,13-14H,3,7-8H2,1-2H3.